The van der Waals surface area contributed by atoms with Crippen molar-refractivity contribution in [2.75, 3.05) is 16.8 Å². The van der Waals surface area contributed by atoms with Crippen LogP contribution < -0.4 is 10.2 Å². The maximum Gasteiger partial charge on any atom is 0.226 e. The molecule has 5 heteroatoms. The molecule has 0 atom stereocenters. The van der Waals surface area contributed by atoms with Gasteiger partial charge < -0.3 is 10.2 Å². The molecule has 0 heterocycles. The Morgan fingerprint density at radius 2 is 1.72 bits per heavy atom. The molecule has 0 fully saturated rings. The average molecular weight is 359 g/mol. The summed E-state index contributed by atoms with van der Waals surface area (Å²) in [7, 11) is 0. The van der Waals surface area contributed by atoms with Crippen LogP contribution in [0.2, 0.25) is 5.02 Å². The molecule has 0 aliphatic carbocycles. The second-order valence-electron chi connectivity index (χ2n) is 6.16. The van der Waals surface area contributed by atoms with Crippen molar-refractivity contribution in [3.63, 3.8) is 0 Å². The van der Waals surface area contributed by atoms with E-state index in [1.807, 2.05) is 30.3 Å². The van der Waals surface area contributed by atoms with E-state index in [0.29, 0.717) is 17.3 Å². The Morgan fingerprint density at radius 3 is 2.36 bits per heavy atom. The first-order chi connectivity index (χ1) is 11.9. The van der Waals surface area contributed by atoms with Crippen LogP contribution in [0.25, 0.3) is 0 Å². The topological polar surface area (TPSA) is 49.4 Å². The molecule has 2 aromatic rings. The number of anilines is 2. The lowest BCUT2D eigenvalue weighted by Crippen LogP contribution is -2.32. The molecule has 0 aliphatic heterocycles. The maximum absolute atomic E-state index is 12.2. The number of benzene rings is 2. The van der Waals surface area contributed by atoms with Crippen LogP contribution in [0.1, 0.15) is 38.7 Å². The summed E-state index contributed by atoms with van der Waals surface area (Å²) in [4.78, 5) is 26.0. The number of carbonyl (C=O) groups excluding carboxylic acids is 2. The Hall–Kier alpha value is -2.33. The highest BCUT2D eigenvalue weighted by molar-refractivity contribution is 6.33. The van der Waals surface area contributed by atoms with Gasteiger partial charge in [0.15, 0.2) is 0 Å². The molecule has 25 heavy (non-hydrogen) atoms. The quantitative estimate of drug-likeness (QED) is 0.802. The van der Waals surface area contributed by atoms with Gasteiger partial charge >= 0.3 is 0 Å². The number of nitrogens with one attached hydrogen (secondary N) is 1. The highest BCUT2D eigenvalue weighted by Crippen LogP contribution is 2.28. The SMILES string of the molecule is CC(=O)N(CCC(=O)Nc1ccccc1Cl)c1ccccc1C(C)C. The van der Waals surface area contributed by atoms with E-state index in [2.05, 4.69) is 19.2 Å². The van der Waals surface area contributed by atoms with Crippen LogP contribution in [0.4, 0.5) is 11.4 Å². The van der Waals surface area contributed by atoms with E-state index in [9.17, 15) is 9.59 Å². The zero-order valence-electron chi connectivity index (χ0n) is 14.8. The predicted octanol–water partition coefficient (Wildman–Crippen LogP) is 4.85. The van der Waals surface area contributed by atoms with Gasteiger partial charge in [0.25, 0.3) is 0 Å². The van der Waals surface area contributed by atoms with Crippen LogP contribution in [-0.4, -0.2) is 18.4 Å². The number of amides is 2. The number of hydrogen-bond acceptors (Lipinski definition) is 2. The third kappa shape index (κ3) is 5.07. The second kappa shape index (κ2) is 8.67. The summed E-state index contributed by atoms with van der Waals surface area (Å²) in [6.07, 6.45) is 0.192. The van der Waals surface area contributed by atoms with Gasteiger partial charge in [0.05, 0.1) is 10.7 Å². The lowest BCUT2D eigenvalue weighted by molar-refractivity contribution is -0.117. The molecule has 0 radical (unpaired) electrons. The minimum absolute atomic E-state index is 0.0846. The summed E-state index contributed by atoms with van der Waals surface area (Å²) in [5, 5.41) is 3.27. The molecule has 2 aromatic carbocycles. The molecule has 0 saturated heterocycles. The van der Waals surface area contributed by atoms with Crippen molar-refractivity contribution in [2.45, 2.75) is 33.1 Å². The zero-order chi connectivity index (χ0) is 18.4. The summed E-state index contributed by atoms with van der Waals surface area (Å²) >= 11 is 6.05. The Balaban J connectivity index is 2.09. The average Bonchev–Trinajstić information content (AvgIpc) is 2.57. The predicted molar refractivity (Wildman–Crippen MR) is 103 cm³/mol. The standard InChI is InChI=1S/C20H23ClN2O2/c1-14(2)16-8-4-7-11-19(16)23(15(3)24)13-12-20(25)22-18-10-6-5-9-17(18)21/h4-11,14H,12-13H2,1-3H3,(H,22,25). The van der Waals surface area contributed by atoms with E-state index in [4.69, 9.17) is 11.6 Å². The number of halogens is 1. The Morgan fingerprint density at radius 1 is 1.08 bits per heavy atom. The molecule has 4 nitrogen and oxygen atoms in total. The molecule has 0 saturated carbocycles. The second-order valence-corrected chi connectivity index (χ2v) is 6.57. The van der Waals surface area contributed by atoms with E-state index in [0.717, 1.165) is 11.3 Å². The number of hydrogen-bond donors (Lipinski definition) is 1. The van der Waals surface area contributed by atoms with Gasteiger partial charge in [-0.1, -0.05) is 55.8 Å². The molecule has 132 valence electrons. The van der Waals surface area contributed by atoms with Crippen LogP contribution in [0.15, 0.2) is 48.5 Å². The molecule has 2 amide bonds. The Bertz CT molecular complexity index is 759. The minimum Gasteiger partial charge on any atom is -0.325 e. The van der Waals surface area contributed by atoms with Crippen molar-refractivity contribution < 1.29 is 9.59 Å². The van der Waals surface area contributed by atoms with Crippen molar-refractivity contribution in [2.24, 2.45) is 0 Å². The molecular formula is C20H23ClN2O2. The third-order valence-corrected chi connectivity index (χ3v) is 4.27. The van der Waals surface area contributed by atoms with E-state index < -0.39 is 0 Å². The summed E-state index contributed by atoms with van der Waals surface area (Å²) in [6.45, 7) is 6.00. The number of nitrogens with zero attached hydrogens (tertiary/aromatic N) is 1. The minimum atomic E-state index is -0.179. The third-order valence-electron chi connectivity index (χ3n) is 3.94. The Kier molecular flexibility index (Phi) is 6.59. The lowest BCUT2D eigenvalue weighted by atomic mass is 10.0. The van der Waals surface area contributed by atoms with Crippen molar-refractivity contribution >= 4 is 34.8 Å². The van der Waals surface area contributed by atoms with E-state index in [-0.39, 0.29) is 24.2 Å². The van der Waals surface area contributed by atoms with E-state index in [1.165, 1.54) is 6.92 Å². The summed E-state index contributed by atoms with van der Waals surface area (Å²) < 4.78 is 0. The van der Waals surface area contributed by atoms with Gasteiger partial charge in [-0.05, 0) is 29.7 Å². The number of para-hydroxylation sites is 2. The highest BCUT2D eigenvalue weighted by Gasteiger charge is 2.18. The van der Waals surface area contributed by atoms with Crippen molar-refractivity contribution in [3.8, 4) is 0 Å². The van der Waals surface area contributed by atoms with Crippen molar-refractivity contribution in [3.05, 3.63) is 59.1 Å². The van der Waals surface area contributed by atoms with E-state index in [1.54, 1.807) is 23.1 Å². The van der Waals surface area contributed by atoms with Gasteiger partial charge in [-0.3, -0.25) is 9.59 Å². The van der Waals surface area contributed by atoms with Gasteiger partial charge in [0, 0.05) is 25.6 Å². The van der Waals surface area contributed by atoms with Crippen LogP contribution in [0.3, 0.4) is 0 Å². The van der Waals surface area contributed by atoms with Gasteiger partial charge in [-0.25, -0.2) is 0 Å². The molecule has 0 aromatic heterocycles. The van der Waals surface area contributed by atoms with Gasteiger partial charge in [0.1, 0.15) is 0 Å². The fourth-order valence-corrected chi connectivity index (χ4v) is 2.84. The fraction of sp³-hybridized carbons (Fsp3) is 0.300. The maximum atomic E-state index is 12.2. The molecular weight excluding hydrogens is 336 g/mol. The normalized spacial score (nSPS) is 10.6. The van der Waals surface area contributed by atoms with Gasteiger partial charge in [-0.2, -0.15) is 0 Å². The van der Waals surface area contributed by atoms with E-state index >= 15 is 0 Å². The first-order valence-corrected chi connectivity index (χ1v) is 8.69. The molecule has 0 unspecified atom stereocenters. The van der Waals surface area contributed by atoms with Crippen LogP contribution in [0.5, 0.6) is 0 Å². The van der Waals surface area contributed by atoms with Crippen LogP contribution in [0, 0.1) is 0 Å². The number of rotatable bonds is 6. The first kappa shape index (κ1) is 19.0. The molecule has 0 bridgehead atoms. The molecule has 1 N–H and O–H groups in total. The van der Waals surface area contributed by atoms with Gasteiger partial charge in [0.2, 0.25) is 11.8 Å². The van der Waals surface area contributed by atoms with Crippen LogP contribution in [-0.2, 0) is 9.59 Å². The highest BCUT2D eigenvalue weighted by atomic mass is 35.5. The largest absolute Gasteiger partial charge is 0.325 e. The first-order valence-electron chi connectivity index (χ1n) is 8.31. The van der Waals surface area contributed by atoms with Crippen molar-refractivity contribution in [1.29, 1.82) is 0 Å². The fourth-order valence-electron chi connectivity index (χ4n) is 2.66. The smallest absolute Gasteiger partial charge is 0.226 e. The lowest BCUT2D eigenvalue weighted by Gasteiger charge is -2.25. The van der Waals surface area contributed by atoms with Gasteiger partial charge in [-0.15, -0.1) is 0 Å². The molecule has 0 spiro atoms. The zero-order valence-corrected chi connectivity index (χ0v) is 15.5. The Labute approximate surface area is 153 Å². The van der Waals surface area contributed by atoms with Crippen molar-refractivity contribution in [1.82, 2.24) is 0 Å². The number of carbonyl (C=O) groups is 2. The summed E-state index contributed by atoms with van der Waals surface area (Å²) in [5.74, 6) is 0.0232. The molecule has 2 rings (SSSR count). The monoisotopic (exact) mass is 358 g/mol. The summed E-state index contributed by atoms with van der Waals surface area (Å²) in [5.41, 5.74) is 2.52. The summed E-state index contributed by atoms with van der Waals surface area (Å²) in [6, 6.07) is 14.9. The van der Waals surface area contributed by atoms with Crippen LogP contribution >= 0.6 is 11.6 Å². The molecule has 0 aliphatic rings.